The predicted molar refractivity (Wildman–Crippen MR) is 75.1 cm³/mol. The summed E-state index contributed by atoms with van der Waals surface area (Å²) in [7, 11) is 1.68. The van der Waals surface area contributed by atoms with Crippen molar-refractivity contribution in [2.75, 3.05) is 26.8 Å². The van der Waals surface area contributed by atoms with Crippen LogP contribution in [0.1, 0.15) is 18.9 Å². The summed E-state index contributed by atoms with van der Waals surface area (Å²) in [6, 6.07) is 7.63. The van der Waals surface area contributed by atoms with Crippen LogP contribution in [0.25, 0.3) is 0 Å². The Bertz CT molecular complexity index is 355. The highest BCUT2D eigenvalue weighted by molar-refractivity contribution is 6.30. The number of nitrogens with one attached hydrogen (secondary N) is 1. The van der Waals surface area contributed by atoms with Crippen LogP contribution >= 0.6 is 11.6 Å². The molecule has 0 aliphatic carbocycles. The van der Waals surface area contributed by atoms with Gasteiger partial charge < -0.3 is 15.2 Å². The summed E-state index contributed by atoms with van der Waals surface area (Å²) in [6.07, 6.45) is 1.31. The fourth-order valence-electron chi connectivity index (χ4n) is 1.83. The summed E-state index contributed by atoms with van der Waals surface area (Å²) in [5.74, 6) is 0. The van der Waals surface area contributed by atoms with Gasteiger partial charge in [-0.2, -0.15) is 0 Å². The third-order valence-corrected chi connectivity index (χ3v) is 3.03. The quantitative estimate of drug-likeness (QED) is 0.713. The molecule has 0 bridgehead atoms. The first-order chi connectivity index (χ1) is 8.53. The minimum atomic E-state index is -0.718. The predicted octanol–water partition coefficient (Wildman–Crippen LogP) is 2.26. The maximum atomic E-state index is 10.3. The van der Waals surface area contributed by atoms with E-state index in [0.717, 1.165) is 18.7 Å². The molecule has 1 atom stereocenters. The highest BCUT2D eigenvalue weighted by Gasteiger charge is 2.20. The number of aliphatic hydroxyl groups is 1. The Morgan fingerprint density at radius 3 is 2.83 bits per heavy atom. The number of rotatable bonds is 8. The van der Waals surface area contributed by atoms with Gasteiger partial charge in [-0.25, -0.2) is 0 Å². The molecule has 0 aliphatic heterocycles. The van der Waals surface area contributed by atoms with Gasteiger partial charge >= 0.3 is 0 Å². The molecule has 0 aliphatic rings. The zero-order chi connectivity index (χ0) is 13.4. The standard InChI is InChI=1S/C14H22ClNO2/c1-14(17,6-7-16-8-9-18-2)11-12-4-3-5-13(15)10-12/h3-5,10,16-17H,6-9,11H2,1-2H3. The van der Waals surface area contributed by atoms with Crippen LogP contribution in [0.3, 0.4) is 0 Å². The van der Waals surface area contributed by atoms with E-state index in [4.69, 9.17) is 16.3 Å². The Labute approximate surface area is 114 Å². The molecular weight excluding hydrogens is 250 g/mol. The smallest absolute Gasteiger partial charge is 0.0672 e. The SMILES string of the molecule is COCCNCCC(C)(O)Cc1cccc(Cl)c1. The van der Waals surface area contributed by atoms with Crippen molar-refractivity contribution < 1.29 is 9.84 Å². The number of benzene rings is 1. The Balaban J connectivity index is 2.34. The second-order valence-corrected chi connectivity index (χ2v) is 5.23. The molecule has 4 heteroatoms. The lowest BCUT2D eigenvalue weighted by Gasteiger charge is -2.23. The minimum absolute atomic E-state index is 0.611. The topological polar surface area (TPSA) is 41.5 Å². The van der Waals surface area contributed by atoms with Crippen molar-refractivity contribution in [2.45, 2.75) is 25.4 Å². The fraction of sp³-hybridized carbons (Fsp3) is 0.571. The molecule has 1 unspecified atom stereocenters. The number of hydrogen-bond donors (Lipinski definition) is 2. The third-order valence-electron chi connectivity index (χ3n) is 2.80. The summed E-state index contributed by atoms with van der Waals surface area (Å²) in [5.41, 5.74) is 0.342. The first-order valence-corrected chi connectivity index (χ1v) is 6.58. The van der Waals surface area contributed by atoms with E-state index in [2.05, 4.69) is 5.32 Å². The average Bonchev–Trinajstić information content (AvgIpc) is 2.28. The lowest BCUT2D eigenvalue weighted by atomic mass is 9.93. The molecule has 1 aromatic carbocycles. The Morgan fingerprint density at radius 1 is 1.39 bits per heavy atom. The highest BCUT2D eigenvalue weighted by atomic mass is 35.5. The number of halogens is 1. The highest BCUT2D eigenvalue weighted by Crippen LogP contribution is 2.19. The van der Waals surface area contributed by atoms with Gasteiger partial charge in [0.2, 0.25) is 0 Å². The molecule has 0 spiro atoms. The maximum Gasteiger partial charge on any atom is 0.0672 e. The normalized spacial score (nSPS) is 14.4. The second kappa shape index (κ2) is 7.74. The van der Waals surface area contributed by atoms with Crippen molar-refractivity contribution in [3.63, 3.8) is 0 Å². The summed E-state index contributed by atoms with van der Waals surface area (Å²) in [4.78, 5) is 0. The first kappa shape index (κ1) is 15.4. The zero-order valence-electron chi connectivity index (χ0n) is 11.1. The van der Waals surface area contributed by atoms with E-state index in [-0.39, 0.29) is 0 Å². The number of hydrogen-bond acceptors (Lipinski definition) is 3. The maximum absolute atomic E-state index is 10.3. The van der Waals surface area contributed by atoms with Gasteiger partial charge in [0.05, 0.1) is 12.2 Å². The summed E-state index contributed by atoms with van der Waals surface area (Å²) in [6.45, 7) is 4.13. The minimum Gasteiger partial charge on any atom is -0.390 e. The van der Waals surface area contributed by atoms with Crippen molar-refractivity contribution in [1.82, 2.24) is 5.32 Å². The summed E-state index contributed by atoms with van der Waals surface area (Å²) in [5, 5.41) is 14.2. The van der Waals surface area contributed by atoms with Crippen LogP contribution in [0.5, 0.6) is 0 Å². The second-order valence-electron chi connectivity index (χ2n) is 4.80. The number of ether oxygens (including phenoxy) is 1. The van der Waals surface area contributed by atoms with E-state index in [1.807, 2.05) is 31.2 Å². The molecule has 0 radical (unpaired) electrons. The third kappa shape index (κ3) is 6.36. The lowest BCUT2D eigenvalue weighted by molar-refractivity contribution is 0.0510. The molecule has 1 aromatic rings. The Morgan fingerprint density at radius 2 is 2.17 bits per heavy atom. The van der Waals surface area contributed by atoms with Gasteiger partial charge in [0, 0.05) is 25.1 Å². The van der Waals surface area contributed by atoms with Crippen LogP contribution in [0, 0.1) is 0 Å². The lowest BCUT2D eigenvalue weighted by Crippen LogP contribution is -2.33. The molecule has 2 N–H and O–H groups in total. The average molecular weight is 272 g/mol. The molecular formula is C14H22ClNO2. The van der Waals surface area contributed by atoms with Crippen LogP contribution < -0.4 is 5.32 Å². The van der Waals surface area contributed by atoms with Crippen LogP contribution in [-0.4, -0.2) is 37.5 Å². The van der Waals surface area contributed by atoms with E-state index in [1.165, 1.54) is 0 Å². The van der Waals surface area contributed by atoms with Crippen LogP contribution in [0.4, 0.5) is 0 Å². The Hall–Kier alpha value is -0.610. The van der Waals surface area contributed by atoms with E-state index in [9.17, 15) is 5.11 Å². The summed E-state index contributed by atoms with van der Waals surface area (Å²) >= 11 is 5.93. The van der Waals surface area contributed by atoms with E-state index >= 15 is 0 Å². The van der Waals surface area contributed by atoms with Crippen molar-refractivity contribution in [3.8, 4) is 0 Å². The Kier molecular flexibility index (Phi) is 6.65. The van der Waals surface area contributed by atoms with Crippen LogP contribution in [0.15, 0.2) is 24.3 Å². The molecule has 0 fully saturated rings. The summed E-state index contributed by atoms with van der Waals surface area (Å²) < 4.78 is 4.94. The van der Waals surface area contributed by atoms with E-state index in [0.29, 0.717) is 24.5 Å². The van der Waals surface area contributed by atoms with Gasteiger partial charge in [-0.15, -0.1) is 0 Å². The number of methoxy groups -OCH3 is 1. The van der Waals surface area contributed by atoms with Crippen LogP contribution in [-0.2, 0) is 11.2 Å². The molecule has 18 heavy (non-hydrogen) atoms. The van der Waals surface area contributed by atoms with Gasteiger partial charge in [-0.05, 0) is 37.6 Å². The molecule has 0 aromatic heterocycles. The van der Waals surface area contributed by atoms with E-state index in [1.54, 1.807) is 7.11 Å². The molecule has 0 amide bonds. The van der Waals surface area contributed by atoms with Gasteiger partial charge in [0.1, 0.15) is 0 Å². The largest absolute Gasteiger partial charge is 0.390 e. The molecule has 0 saturated carbocycles. The van der Waals surface area contributed by atoms with Crippen molar-refractivity contribution in [2.24, 2.45) is 0 Å². The van der Waals surface area contributed by atoms with Gasteiger partial charge in [0.25, 0.3) is 0 Å². The first-order valence-electron chi connectivity index (χ1n) is 6.20. The zero-order valence-corrected chi connectivity index (χ0v) is 11.8. The fourth-order valence-corrected chi connectivity index (χ4v) is 2.04. The van der Waals surface area contributed by atoms with Crippen molar-refractivity contribution >= 4 is 11.6 Å². The molecule has 102 valence electrons. The molecule has 1 rings (SSSR count). The van der Waals surface area contributed by atoms with Gasteiger partial charge in [-0.1, -0.05) is 23.7 Å². The van der Waals surface area contributed by atoms with E-state index < -0.39 is 5.60 Å². The monoisotopic (exact) mass is 271 g/mol. The van der Waals surface area contributed by atoms with Crippen molar-refractivity contribution in [3.05, 3.63) is 34.9 Å². The van der Waals surface area contributed by atoms with Crippen LogP contribution in [0.2, 0.25) is 5.02 Å². The molecule has 0 heterocycles. The van der Waals surface area contributed by atoms with Gasteiger partial charge in [-0.3, -0.25) is 0 Å². The molecule has 0 saturated heterocycles. The van der Waals surface area contributed by atoms with Crippen molar-refractivity contribution in [1.29, 1.82) is 0 Å². The van der Waals surface area contributed by atoms with Gasteiger partial charge in [0.15, 0.2) is 0 Å². The molecule has 3 nitrogen and oxygen atoms in total.